The SMILES string of the molecule is COC(=O)c1ccc2c(c1)c(Br)nn2C. The second kappa shape index (κ2) is 3.66. The first-order valence-corrected chi connectivity index (χ1v) is 5.13. The predicted octanol–water partition coefficient (Wildman–Crippen LogP) is 2.12. The third kappa shape index (κ3) is 1.63. The van der Waals surface area contributed by atoms with Gasteiger partial charge in [0.05, 0.1) is 18.2 Å². The number of hydrogen-bond donors (Lipinski definition) is 0. The van der Waals surface area contributed by atoms with Gasteiger partial charge in [-0.05, 0) is 34.1 Å². The zero-order chi connectivity index (χ0) is 11.0. The van der Waals surface area contributed by atoms with Crippen molar-refractivity contribution in [3.8, 4) is 0 Å². The molecule has 2 aromatic rings. The third-order valence-electron chi connectivity index (χ3n) is 2.23. The largest absolute Gasteiger partial charge is 0.465 e. The van der Waals surface area contributed by atoms with Gasteiger partial charge in [-0.1, -0.05) is 0 Å². The van der Waals surface area contributed by atoms with Crippen LogP contribution in [-0.2, 0) is 11.8 Å². The average molecular weight is 269 g/mol. The van der Waals surface area contributed by atoms with Gasteiger partial charge in [0, 0.05) is 12.4 Å². The molecule has 0 radical (unpaired) electrons. The van der Waals surface area contributed by atoms with Gasteiger partial charge in [0.15, 0.2) is 0 Å². The topological polar surface area (TPSA) is 44.1 Å². The number of carbonyl (C=O) groups is 1. The first kappa shape index (κ1) is 10.2. The fourth-order valence-corrected chi connectivity index (χ4v) is 2.02. The Balaban J connectivity index is 2.65. The van der Waals surface area contributed by atoms with Crippen molar-refractivity contribution in [1.82, 2.24) is 9.78 Å². The zero-order valence-corrected chi connectivity index (χ0v) is 9.91. The molecule has 0 aliphatic heterocycles. The van der Waals surface area contributed by atoms with Gasteiger partial charge >= 0.3 is 5.97 Å². The summed E-state index contributed by atoms with van der Waals surface area (Å²) in [6, 6.07) is 5.33. The minimum absolute atomic E-state index is 0.340. The van der Waals surface area contributed by atoms with Crippen molar-refractivity contribution in [1.29, 1.82) is 0 Å². The number of halogens is 1. The Morgan fingerprint density at radius 1 is 1.53 bits per heavy atom. The van der Waals surface area contributed by atoms with Crippen molar-refractivity contribution < 1.29 is 9.53 Å². The van der Waals surface area contributed by atoms with Crippen molar-refractivity contribution in [3.63, 3.8) is 0 Å². The highest BCUT2D eigenvalue weighted by Crippen LogP contribution is 2.23. The number of nitrogens with zero attached hydrogens (tertiary/aromatic N) is 2. The molecule has 4 nitrogen and oxygen atoms in total. The number of carbonyl (C=O) groups excluding carboxylic acids is 1. The van der Waals surface area contributed by atoms with Crippen LogP contribution in [0.15, 0.2) is 22.8 Å². The molecular formula is C10H9BrN2O2. The van der Waals surface area contributed by atoms with Crippen LogP contribution in [-0.4, -0.2) is 22.9 Å². The Morgan fingerprint density at radius 3 is 2.93 bits per heavy atom. The molecule has 0 atom stereocenters. The maximum Gasteiger partial charge on any atom is 0.337 e. The van der Waals surface area contributed by atoms with Crippen LogP contribution in [0, 0.1) is 0 Å². The van der Waals surface area contributed by atoms with E-state index in [1.165, 1.54) is 7.11 Å². The van der Waals surface area contributed by atoms with Gasteiger partial charge in [0.25, 0.3) is 0 Å². The van der Waals surface area contributed by atoms with Crippen LogP contribution in [0.4, 0.5) is 0 Å². The summed E-state index contributed by atoms with van der Waals surface area (Å²) < 4.78 is 7.13. The lowest BCUT2D eigenvalue weighted by molar-refractivity contribution is 0.0601. The van der Waals surface area contributed by atoms with Crippen LogP contribution in [0.3, 0.4) is 0 Å². The van der Waals surface area contributed by atoms with Gasteiger partial charge in [-0.2, -0.15) is 5.10 Å². The quantitative estimate of drug-likeness (QED) is 0.745. The highest BCUT2D eigenvalue weighted by Gasteiger charge is 2.10. The van der Waals surface area contributed by atoms with Crippen LogP contribution >= 0.6 is 15.9 Å². The first-order valence-electron chi connectivity index (χ1n) is 4.34. The van der Waals surface area contributed by atoms with Gasteiger partial charge in [-0.15, -0.1) is 0 Å². The van der Waals surface area contributed by atoms with E-state index in [0.29, 0.717) is 5.56 Å². The second-order valence-electron chi connectivity index (χ2n) is 3.14. The number of ether oxygens (including phenoxy) is 1. The Bertz CT molecular complexity index is 533. The number of esters is 1. The minimum Gasteiger partial charge on any atom is -0.465 e. The summed E-state index contributed by atoms with van der Waals surface area (Å²) in [5, 5.41) is 5.10. The summed E-state index contributed by atoms with van der Waals surface area (Å²) in [4.78, 5) is 11.3. The van der Waals surface area contributed by atoms with Crippen LogP contribution in [0.2, 0.25) is 0 Å². The van der Waals surface area contributed by atoms with E-state index in [1.807, 2.05) is 13.1 Å². The summed E-state index contributed by atoms with van der Waals surface area (Å²) in [7, 11) is 3.22. The molecule has 0 aliphatic carbocycles. The Morgan fingerprint density at radius 2 is 2.27 bits per heavy atom. The van der Waals surface area contributed by atoms with Gasteiger partial charge in [0.1, 0.15) is 4.60 Å². The number of aryl methyl sites for hydroxylation is 1. The van der Waals surface area contributed by atoms with Crippen molar-refractivity contribution in [3.05, 3.63) is 28.4 Å². The molecule has 1 aromatic carbocycles. The molecule has 0 unspecified atom stereocenters. The summed E-state index contributed by atoms with van der Waals surface area (Å²) in [6.45, 7) is 0. The molecule has 0 N–H and O–H groups in total. The number of aromatic nitrogens is 2. The van der Waals surface area contributed by atoms with Crippen LogP contribution in [0.5, 0.6) is 0 Å². The second-order valence-corrected chi connectivity index (χ2v) is 3.89. The van der Waals surface area contributed by atoms with E-state index in [2.05, 4.69) is 25.8 Å². The molecule has 78 valence electrons. The van der Waals surface area contributed by atoms with E-state index in [9.17, 15) is 4.79 Å². The van der Waals surface area contributed by atoms with E-state index in [-0.39, 0.29) is 5.97 Å². The van der Waals surface area contributed by atoms with Crippen molar-refractivity contribution in [2.24, 2.45) is 7.05 Å². The molecule has 0 amide bonds. The normalized spacial score (nSPS) is 10.6. The van der Waals surface area contributed by atoms with Gasteiger partial charge in [0.2, 0.25) is 0 Å². The van der Waals surface area contributed by atoms with Crippen molar-refractivity contribution in [2.75, 3.05) is 7.11 Å². The summed E-state index contributed by atoms with van der Waals surface area (Å²) in [5.41, 5.74) is 1.49. The fraction of sp³-hybridized carbons (Fsp3) is 0.200. The zero-order valence-electron chi connectivity index (χ0n) is 8.32. The van der Waals surface area contributed by atoms with E-state index >= 15 is 0 Å². The molecule has 0 spiro atoms. The van der Waals surface area contributed by atoms with Crippen molar-refractivity contribution in [2.45, 2.75) is 0 Å². The van der Waals surface area contributed by atoms with Crippen LogP contribution in [0.1, 0.15) is 10.4 Å². The van der Waals surface area contributed by atoms with E-state index in [0.717, 1.165) is 15.5 Å². The monoisotopic (exact) mass is 268 g/mol. The van der Waals surface area contributed by atoms with Gasteiger partial charge in [-0.3, -0.25) is 4.68 Å². The number of methoxy groups -OCH3 is 1. The third-order valence-corrected chi connectivity index (χ3v) is 2.81. The van der Waals surface area contributed by atoms with Gasteiger partial charge in [-0.25, -0.2) is 4.79 Å². The fourth-order valence-electron chi connectivity index (χ4n) is 1.47. The van der Waals surface area contributed by atoms with E-state index in [4.69, 9.17) is 0 Å². The molecule has 0 aliphatic rings. The first-order chi connectivity index (χ1) is 7.13. The smallest absolute Gasteiger partial charge is 0.337 e. The molecule has 0 saturated heterocycles. The minimum atomic E-state index is -0.340. The molecule has 5 heteroatoms. The Labute approximate surface area is 95.0 Å². The maximum atomic E-state index is 11.3. The van der Waals surface area contributed by atoms with Crippen LogP contribution < -0.4 is 0 Å². The molecule has 1 heterocycles. The maximum absolute atomic E-state index is 11.3. The van der Waals surface area contributed by atoms with Crippen molar-refractivity contribution >= 4 is 32.8 Å². The molecule has 2 rings (SSSR count). The lowest BCUT2D eigenvalue weighted by Crippen LogP contribution is -2.00. The van der Waals surface area contributed by atoms with E-state index < -0.39 is 0 Å². The Hall–Kier alpha value is -1.36. The standard InChI is InChI=1S/C10H9BrN2O2/c1-13-8-4-3-6(10(14)15-2)5-7(8)9(11)12-13/h3-5H,1-2H3. The van der Waals surface area contributed by atoms with E-state index in [1.54, 1.807) is 16.8 Å². The number of benzene rings is 1. The highest BCUT2D eigenvalue weighted by atomic mass is 79.9. The number of rotatable bonds is 1. The average Bonchev–Trinajstić information content (AvgIpc) is 2.53. The lowest BCUT2D eigenvalue weighted by atomic mass is 10.1. The Kier molecular flexibility index (Phi) is 2.48. The number of fused-ring (bicyclic) bond motifs is 1. The lowest BCUT2D eigenvalue weighted by Gasteiger charge is -1.99. The molecule has 1 aromatic heterocycles. The molecule has 15 heavy (non-hydrogen) atoms. The highest BCUT2D eigenvalue weighted by molar-refractivity contribution is 9.10. The predicted molar refractivity (Wildman–Crippen MR) is 59.8 cm³/mol. The summed E-state index contributed by atoms with van der Waals surface area (Å²) >= 11 is 3.34. The van der Waals surface area contributed by atoms with Crippen LogP contribution in [0.25, 0.3) is 10.9 Å². The summed E-state index contributed by atoms with van der Waals surface area (Å²) in [6.07, 6.45) is 0. The van der Waals surface area contributed by atoms with Gasteiger partial charge < -0.3 is 4.74 Å². The molecule has 0 saturated carbocycles. The molecular weight excluding hydrogens is 260 g/mol. The number of hydrogen-bond acceptors (Lipinski definition) is 3. The summed E-state index contributed by atoms with van der Waals surface area (Å²) in [5.74, 6) is -0.340. The molecule has 0 fully saturated rings. The molecule has 0 bridgehead atoms.